The minimum Gasteiger partial charge on any atom is -0.120 e. The van der Waals surface area contributed by atoms with Crippen molar-refractivity contribution in [3.8, 4) is 0 Å². The smallest absolute Gasteiger partial charge is 0.0122 e. The Hall–Kier alpha value is -2.85. The van der Waals surface area contributed by atoms with Crippen molar-refractivity contribution in [3.63, 3.8) is 0 Å². The lowest BCUT2D eigenvalue weighted by Gasteiger charge is -2.17. The number of benzene rings is 4. The molecule has 234 valence electrons. The molecule has 4 rings (SSSR count). The van der Waals surface area contributed by atoms with Crippen molar-refractivity contribution >= 4 is 71.7 Å². The van der Waals surface area contributed by atoms with Gasteiger partial charge in [0.2, 0.25) is 0 Å². The van der Waals surface area contributed by atoms with Crippen molar-refractivity contribution < 1.29 is 0 Å². The number of hydrogen-bond acceptors (Lipinski definition) is 3. The van der Waals surface area contributed by atoms with Gasteiger partial charge in [0.05, 0.1) is 0 Å². The fourth-order valence-electron chi connectivity index (χ4n) is 4.57. The Morgan fingerprint density at radius 2 is 0.511 bits per heavy atom. The molecule has 0 spiro atoms. The third-order valence-corrected chi connectivity index (χ3v) is 9.68. The van der Waals surface area contributed by atoms with Crippen LogP contribution in [0.1, 0.15) is 95.7 Å². The van der Waals surface area contributed by atoms with Gasteiger partial charge in [-0.05, 0) is 88.0 Å². The molecule has 0 unspecified atom stereocenters. The largest absolute Gasteiger partial charge is 0.120 e. The summed E-state index contributed by atoms with van der Waals surface area (Å²) in [6.45, 7) is 20.3. The third-order valence-electron chi connectivity index (χ3n) is 6.32. The van der Waals surface area contributed by atoms with Gasteiger partial charge in [-0.15, -0.1) is 35.3 Å². The molecule has 0 heterocycles. The maximum Gasteiger partial charge on any atom is 0.0122 e. The van der Waals surface area contributed by atoms with Gasteiger partial charge in [0.1, 0.15) is 0 Å². The highest BCUT2D eigenvalue weighted by Crippen LogP contribution is 2.34. The maximum absolute atomic E-state index is 2.26. The molecule has 0 aliphatic carbocycles. The van der Waals surface area contributed by atoms with Crippen molar-refractivity contribution in [2.24, 2.45) is 0 Å². The van der Waals surface area contributed by atoms with Crippen LogP contribution in [0.3, 0.4) is 0 Å². The van der Waals surface area contributed by atoms with E-state index in [9.17, 15) is 0 Å². The molecule has 0 nitrogen and oxygen atoms in total. The molecule has 0 radical (unpaired) electrons. The van der Waals surface area contributed by atoms with E-state index in [1.165, 1.54) is 48.1 Å². The highest BCUT2D eigenvalue weighted by atomic mass is 32.2. The Bertz CT molecular complexity index is 1400. The summed E-state index contributed by atoms with van der Waals surface area (Å²) in [4.78, 5) is 3.90. The second kappa shape index (κ2) is 15.2. The van der Waals surface area contributed by atoms with Crippen LogP contribution in [0.5, 0.6) is 0 Å². The van der Waals surface area contributed by atoms with Crippen LogP contribution >= 0.6 is 35.3 Å². The first-order valence-electron chi connectivity index (χ1n) is 15.7. The molecule has 0 aromatic heterocycles. The highest BCUT2D eigenvalue weighted by Gasteiger charge is 2.13. The van der Waals surface area contributed by atoms with E-state index < -0.39 is 0 Å². The Morgan fingerprint density at radius 1 is 0.311 bits per heavy atom. The first-order chi connectivity index (χ1) is 21.1. The molecule has 45 heavy (non-hydrogen) atoms. The molecular weight excluding hydrogens is 601 g/mol. The van der Waals surface area contributed by atoms with Gasteiger partial charge >= 0.3 is 0 Å². The van der Waals surface area contributed by atoms with Crippen molar-refractivity contribution in [1.29, 1.82) is 0 Å². The average Bonchev–Trinajstić information content (AvgIpc) is 2.94. The quantitative estimate of drug-likeness (QED) is 0.131. The van der Waals surface area contributed by atoms with Gasteiger partial charge in [0, 0.05) is 28.9 Å². The van der Waals surface area contributed by atoms with Crippen molar-refractivity contribution in [3.05, 3.63) is 124 Å². The Morgan fingerprint density at radius 3 is 0.711 bits per heavy atom. The Balaban J connectivity index is 1.58. The van der Waals surface area contributed by atoms with E-state index in [0.717, 1.165) is 0 Å². The standard InChI is InChI=1S/C42H48S3/c1-40(2,3)43-37-22-16-31(17-23-37)10-13-34-28-35(14-11-32-18-24-38(25-19-32)44-41(4,5)6)30-36(29-34)15-12-33-20-26-39(27-21-33)45-42(7,8)9/h10-30H,1-9H3/b13-10+,14-11+,15-12+. The monoisotopic (exact) mass is 648 g/mol. The highest BCUT2D eigenvalue weighted by molar-refractivity contribution is 8.01. The van der Waals surface area contributed by atoms with E-state index in [4.69, 9.17) is 0 Å². The van der Waals surface area contributed by atoms with E-state index >= 15 is 0 Å². The zero-order chi connectivity index (χ0) is 32.7. The topological polar surface area (TPSA) is 0 Å². The van der Waals surface area contributed by atoms with Crippen LogP contribution in [-0.2, 0) is 0 Å². The van der Waals surface area contributed by atoms with Gasteiger partial charge in [-0.1, -0.05) is 135 Å². The number of hydrogen-bond donors (Lipinski definition) is 0. The summed E-state index contributed by atoms with van der Waals surface area (Å²) in [5, 5.41) is 0. The first kappa shape index (κ1) is 35.0. The zero-order valence-electron chi connectivity index (χ0n) is 28.3. The molecule has 0 saturated carbocycles. The molecule has 0 atom stereocenters. The van der Waals surface area contributed by atoms with Crippen LogP contribution < -0.4 is 0 Å². The van der Waals surface area contributed by atoms with Crippen molar-refractivity contribution in [2.45, 2.75) is 91.2 Å². The van der Waals surface area contributed by atoms with Gasteiger partial charge in [-0.3, -0.25) is 0 Å². The molecule has 0 aliphatic rings. The van der Waals surface area contributed by atoms with E-state index in [2.05, 4.69) is 190 Å². The zero-order valence-corrected chi connectivity index (χ0v) is 30.8. The fraction of sp³-hybridized carbons (Fsp3) is 0.286. The van der Waals surface area contributed by atoms with Crippen LogP contribution in [0.2, 0.25) is 0 Å². The van der Waals surface area contributed by atoms with Crippen molar-refractivity contribution in [2.75, 3.05) is 0 Å². The summed E-state index contributed by atoms with van der Waals surface area (Å²) in [6, 6.07) is 33.4. The van der Waals surface area contributed by atoms with Gasteiger partial charge in [-0.25, -0.2) is 0 Å². The molecular formula is C42H48S3. The molecule has 0 N–H and O–H groups in total. The van der Waals surface area contributed by atoms with Crippen LogP contribution in [0.4, 0.5) is 0 Å². The molecule has 0 fully saturated rings. The normalized spacial score (nSPS) is 13.0. The second-order valence-electron chi connectivity index (χ2n) is 14.3. The van der Waals surface area contributed by atoms with Crippen LogP contribution in [0.25, 0.3) is 36.5 Å². The summed E-state index contributed by atoms with van der Waals surface area (Å²) < 4.78 is 0.613. The predicted octanol–water partition coefficient (Wildman–Crippen LogP) is 13.9. The minimum absolute atomic E-state index is 0.204. The van der Waals surface area contributed by atoms with Gasteiger partial charge in [0.15, 0.2) is 0 Å². The molecule has 3 heteroatoms. The summed E-state index contributed by atoms with van der Waals surface area (Å²) in [6.07, 6.45) is 13.3. The fourth-order valence-corrected chi connectivity index (χ4v) is 7.51. The summed E-state index contributed by atoms with van der Waals surface area (Å²) >= 11 is 5.70. The first-order valence-corrected chi connectivity index (χ1v) is 18.1. The Kier molecular flexibility index (Phi) is 11.8. The van der Waals surface area contributed by atoms with Gasteiger partial charge < -0.3 is 0 Å². The molecule has 0 aliphatic heterocycles. The predicted molar refractivity (Wildman–Crippen MR) is 209 cm³/mol. The molecule has 0 bridgehead atoms. The SMILES string of the molecule is CC(C)(C)Sc1ccc(/C=C/c2cc(/C=C/c3ccc(SC(C)(C)C)cc3)cc(/C=C/c3ccc(SC(C)(C)C)cc3)c2)cc1. The third kappa shape index (κ3) is 13.2. The minimum atomic E-state index is 0.204. The molecule has 0 amide bonds. The summed E-state index contributed by atoms with van der Waals surface area (Å²) in [7, 11) is 0. The summed E-state index contributed by atoms with van der Waals surface area (Å²) in [5.41, 5.74) is 7.14. The van der Waals surface area contributed by atoms with E-state index in [1.54, 1.807) is 0 Å². The van der Waals surface area contributed by atoms with E-state index in [1.807, 2.05) is 35.3 Å². The second-order valence-corrected chi connectivity index (χ2v) is 20.0. The number of rotatable bonds is 9. The summed E-state index contributed by atoms with van der Waals surface area (Å²) in [5.74, 6) is 0. The van der Waals surface area contributed by atoms with E-state index in [-0.39, 0.29) is 14.2 Å². The van der Waals surface area contributed by atoms with Crippen molar-refractivity contribution in [1.82, 2.24) is 0 Å². The maximum atomic E-state index is 2.26. The van der Waals surface area contributed by atoms with E-state index in [0.29, 0.717) is 0 Å². The lowest BCUT2D eigenvalue weighted by atomic mass is 10.0. The van der Waals surface area contributed by atoms with Crippen LogP contribution in [0.15, 0.2) is 106 Å². The lowest BCUT2D eigenvalue weighted by Crippen LogP contribution is -2.06. The van der Waals surface area contributed by atoms with Gasteiger partial charge in [0.25, 0.3) is 0 Å². The Labute approximate surface area is 285 Å². The van der Waals surface area contributed by atoms with Gasteiger partial charge in [-0.2, -0.15) is 0 Å². The molecule has 4 aromatic rings. The number of thioether (sulfide) groups is 3. The van der Waals surface area contributed by atoms with Crippen LogP contribution in [0, 0.1) is 0 Å². The average molecular weight is 649 g/mol. The lowest BCUT2D eigenvalue weighted by molar-refractivity contribution is 0.802. The molecule has 0 saturated heterocycles. The van der Waals surface area contributed by atoms with Crippen LogP contribution in [-0.4, -0.2) is 14.2 Å². The molecule has 4 aromatic carbocycles.